The van der Waals surface area contributed by atoms with Gasteiger partial charge in [0.15, 0.2) is 0 Å². The van der Waals surface area contributed by atoms with Crippen molar-refractivity contribution >= 4 is 45.7 Å². The average Bonchev–Trinajstić information content (AvgIpc) is 3.02. The molecule has 0 unspecified atom stereocenters. The molecule has 0 aliphatic rings. The van der Waals surface area contributed by atoms with Crippen LogP contribution in [0.3, 0.4) is 0 Å². The van der Waals surface area contributed by atoms with Gasteiger partial charge in [0, 0.05) is 33.6 Å². The number of rotatable bonds is 10. The van der Waals surface area contributed by atoms with Crippen LogP contribution in [-0.2, 0) is 4.79 Å². The predicted octanol–water partition coefficient (Wildman–Crippen LogP) is 6.88. The van der Waals surface area contributed by atoms with E-state index in [0.29, 0.717) is 29.4 Å². The number of hydrogen-bond donors (Lipinski definition) is 3. The fraction of sp³-hybridized carbons (Fsp3) is 0.176. The highest BCUT2D eigenvalue weighted by molar-refractivity contribution is 6.05. The zero-order valence-corrected chi connectivity index (χ0v) is 24.0. The normalized spacial score (nSPS) is 11.0. The van der Waals surface area contributed by atoms with E-state index in [1.807, 2.05) is 105 Å². The molecule has 0 saturated heterocycles. The third-order valence-corrected chi connectivity index (χ3v) is 7.08. The lowest BCUT2D eigenvalue weighted by Gasteiger charge is -2.18. The fourth-order valence-electron chi connectivity index (χ4n) is 4.66. The lowest BCUT2D eigenvalue weighted by Crippen LogP contribution is -2.32. The van der Waals surface area contributed by atoms with E-state index in [-0.39, 0.29) is 11.8 Å². The van der Waals surface area contributed by atoms with Crippen molar-refractivity contribution in [3.63, 3.8) is 0 Å². The molecule has 212 valence electrons. The van der Waals surface area contributed by atoms with Gasteiger partial charge >= 0.3 is 0 Å². The van der Waals surface area contributed by atoms with Crippen molar-refractivity contribution in [1.82, 2.24) is 14.9 Å². The monoisotopic (exact) mass is 558 g/mol. The Morgan fingerprint density at radius 1 is 0.762 bits per heavy atom. The van der Waals surface area contributed by atoms with Crippen molar-refractivity contribution in [3.05, 3.63) is 108 Å². The van der Waals surface area contributed by atoms with Gasteiger partial charge in [0.25, 0.3) is 5.91 Å². The number of anilines is 4. The first-order valence-corrected chi connectivity index (χ1v) is 14.1. The van der Waals surface area contributed by atoms with Crippen LogP contribution in [0.15, 0.2) is 97.1 Å². The summed E-state index contributed by atoms with van der Waals surface area (Å²) in [6, 6.07) is 30.6. The Balaban J connectivity index is 1.29. The van der Waals surface area contributed by atoms with Crippen molar-refractivity contribution in [2.24, 2.45) is 0 Å². The third-order valence-electron chi connectivity index (χ3n) is 7.08. The van der Waals surface area contributed by atoms with Crippen molar-refractivity contribution in [1.29, 1.82) is 0 Å². The number of aryl methyl sites for hydroxylation is 1. The minimum Gasteiger partial charge on any atom is -0.325 e. The number of para-hydroxylation sites is 1. The van der Waals surface area contributed by atoms with Crippen LogP contribution in [0.5, 0.6) is 0 Å². The highest BCUT2D eigenvalue weighted by Crippen LogP contribution is 2.28. The lowest BCUT2D eigenvalue weighted by atomic mass is 10.1. The number of fused-ring (bicyclic) bond motifs is 1. The molecule has 0 bridgehead atoms. The van der Waals surface area contributed by atoms with E-state index in [1.54, 1.807) is 18.2 Å². The Bertz CT molecular complexity index is 1700. The van der Waals surface area contributed by atoms with Crippen molar-refractivity contribution in [2.75, 3.05) is 35.6 Å². The molecule has 8 heteroatoms. The first kappa shape index (κ1) is 28.4. The van der Waals surface area contributed by atoms with Crippen molar-refractivity contribution in [3.8, 4) is 11.3 Å². The maximum atomic E-state index is 13.1. The van der Waals surface area contributed by atoms with Gasteiger partial charge in [-0.05, 0) is 68.0 Å². The van der Waals surface area contributed by atoms with E-state index < -0.39 is 0 Å². The topological polar surface area (TPSA) is 99.2 Å². The summed E-state index contributed by atoms with van der Waals surface area (Å²) >= 11 is 0. The molecule has 1 heterocycles. The summed E-state index contributed by atoms with van der Waals surface area (Å²) in [5, 5.41) is 10.2. The molecule has 8 nitrogen and oxygen atoms in total. The number of nitrogens with one attached hydrogen (secondary N) is 3. The van der Waals surface area contributed by atoms with E-state index in [2.05, 4.69) is 16.0 Å². The van der Waals surface area contributed by atoms with Crippen molar-refractivity contribution < 1.29 is 9.59 Å². The molecule has 0 aliphatic heterocycles. The quantitative estimate of drug-likeness (QED) is 0.173. The molecule has 5 rings (SSSR count). The molecule has 2 amide bonds. The number of amides is 2. The van der Waals surface area contributed by atoms with Gasteiger partial charge < -0.3 is 16.0 Å². The number of carbonyl (C=O) groups excluding carboxylic acids is 2. The number of nitrogens with zero attached hydrogens (tertiary/aromatic N) is 3. The number of benzene rings is 4. The summed E-state index contributed by atoms with van der Waals surface area (Å²) in [7, 11) is 0. The molecule has 0 radical (unpaired) electrons. The molecule has 0 fully saturated rings. The van der Waals surface area contributed by atoms with Gasteiger partial charge in [-0.1, -0.05) is 68.4 Å². The zero-order valence-electron chi connectivity index (χ0n) is 24.0. The molecule has 0 spiro atoms. The molecule has 1 aromatic heterocycles. The van der Waals surface area contributed by atoms with E-state index >= 15 is 0 Å². The molecule has 3 N–H and O–H groups in total. The molecule has 5 aromatic rings. The first-order valence-electron chi connectivity index (χ1n) is 14.1. The largest absolute Gasteiger partial charge is 0.325 e. The number of hydrogen-bond acceptors (Lipinski definition) is 6. The lowest BCUT2D eigenvalue weighted by molar-refractivity contribution is -0.117. The second kappa shape index (κ2) is 13.1. The average molecular weight is 559 g/mol. The number of likely N-dealkylation sites (N-methyl/N-ethyl adjacent to an activating group) is 1. The SMILES string of the molecule is CCN(CC)CC(=O)Nc1ccc(C)c(NC(=O)c2ccc(Nc3nc(-c4ccccc4)c4ccccc4n3)cc2)c1. The van der Waals surface area contributed by atoms with Gasteiger partial charge in [0.1, 0.15) is 0 Å². The standard InChI is InChI=1S/C34H34N6O2/c1-4-40(5-2)22-31(41)35-27-18-15-23(3)30(21-27)37-33(42)25-16-19-26(20-17-25)36-34-38-29-14-10-9-13-28(29)32(39-34)24-11-7-6-8-12-24/h6-21H,4-5,22H2,1-3H3,(H,35,41)(H,37,42)(H,36,38,39). The van der Waals surface area contributed by atoms with Gasteiger partial charge in [0.2, 0.25) is 11.9 Å². The first-order chi connectivity index (χ1) is 20.4. The molecule has 0 atom stereocenters. The zero-order chi connectivity index (χ0) is 29.5. The smallest absolute Gasteiger partial charge is 0.255 e. The Morgan fingerprint density at radius 3 is 2.19 bits per heavy atom. The van der Waals surface area contributed by atoms with Crippen LogP contribution in [0.4, 0.5) is 23.0 Å². The molecule has 4 aromatic carbocycles. The van der Waals surface area contributed by atoms with Crippen LogP contribution < -0.4 is 16.0 Å². The van der Waals surface area contributed by atoms with Crippen LogP contribution in [-0.4, -0.2) is 46.3 Å². The fourth-order valence-corrected chi connectivity index (χ4v) is 4.66. The minimum atomic E-state index is -0.246. The van der Waals surface area contributed by atoms with Gasteiger partial charge in [-0.25, -0.2) is 9.97 Å². The van der Waals surface area contributed by atoms with Gasteiger partial charge in [-0.15, -0.1) is 0 Å². The number of carbonyl (C=O) groups is 2. The van der Waals surface area contributed by atoms with E-state index in [4.69, 9.17) is 9.97 Å². The summed E-state index contributed by atoms with van der Waals surface area (Å²) in [6.45, 7) is 7.89. The summed E-state index contributed by atoms with van der Waals surface area (Å²) in [5.74, 6) is 0.138. The maximum Gasteiger partial charge on any atom is 0.255 e. The molecule has 42 heavy (non-hydrogen) atoms. The summed E-state index contributed by atoms with van der Waals surface area (Å²) in [4.78, 5) is 37.1. The van der Waals surface area contributed by atoms with Crippen LogP contribution >= 0.6 is 0 Å². The van der Waals surface area contributed by atoms with Crippen LogP contribution in [0.1, 0.15) is 29.8 Å². The molecular weight excluding hydrogens is 524 g/mol. The third kappa shape index (κ3) is 6.79. The summed E-state index contributed by atoms with van der Waals surface area (Å²) < 4.78 is 0. The van der Waals surface area contributed by atoms with E-state index in [0.717, 1.165) is 46.5 Å². The summed E-state index contributed by atoms with van der Waals surface area (Å²) in [6.07, 6.45) is 0. The van der Waals surface area contributed by atoms with Crippen LogP contribution in [0.2, 0.25) is 0 Å². The molecule has 0 saturated carbocycles. The Kier molecular flexibility index (Phi) is 8.84. The number of aromatic nitrogens is 2. The highest BCUT2D eigenvalue weighted by atomic mass is 16.2. The molecule has 0 aliphatic carbocycles. The maximum absolute atomic E-state index is 13.1. The highest BCUT2D eigenvalue weighted by Gasteiger charge is 2.13. The van der Waals surface area contributed by atoms with E-state index in [1.165, 1.54) is 0 Å². The van der Waals surface area contributed by atoms with Gasteiger partial charge in [0.05, 0.1) is 17.8 Å². The predicted molar refractivity (Wildman–Crippen MR) is 170 cm³/mol. The van der Waals surface area contributed by atoms with Gasteiger partial charge in [-0.2, -0.15) is 0 Å². The Labute approximate surface area is 245 Å². The van der Waals surface area contributed by atoms with Crippen LogP contribution in [0, 0.1) is 6.92 Å². The van der Waals surface area contributed by atoms with Crippen molar-refractivity contribution in [2.45, 2.75) is 20.8 Å². The van der Waals surface area contributed by atoms with E-state index in [9.17, 15) is 9.59 Å². The van der Waals surface area contributed by atoms with Gasteiger partial charge in [-0.3, -0.25) is 14.5 Å². The second-order valence-electron chi connectivity index (χ2n) is 9.97. The molecular formula is C34H34N6O2. The van der Waals surface area contributed by atoms with Crippen LogP contribution in [0.25, 0.3) is 22.2 Å². The minimum absolute atomic E-state index is 0.0887. The summed E-state index contributed by atoms with van der Waals surface area (Å²) in [5.41, 5.74) is 6.13. The Morgan fingerprint density at radius 2 is 1.45 bits per heavy atom. The second-order valence-corrected chi connectivity index (χ2v) is 9.97. The Hall–Kier alpha value is -5.08.